The van der Waals surface area contributed by atoms with E-state index in [4.69, 9.17) is 10.2 Å². The maximum Gasteiger partial charge on any atom is 0.379 e. The Labute approximate surface area is 97.5 Å². The first-order valence-electron chi connectivity index (χ1n) is 4.43. The quantitative estimate of drug-likeness (QED) is 0.818. The van der Waals surface area contributed by atoms with Gasteiger partial charge in [-0.3, -0.25) is 0 Å². The van der Waals surface area contributed by atoms with E-state index in [0.29, 0.717) is 24.3 Å². The highest BCUT2D eigenvalue weighted by molar-refractivity contribution is 5.78. The Morgan fingerprint density at radius 3 is 1.17 bits per heavy atom. The van der Waals surface area contributed by atoms with Crippen LogP contribution in [0.4, 0.5) is 17.6 Å². The fourth-order valence-electron chi connectivity index (χ4n) is 1.14. The second-order valence-corrected chi connectivity index (χ2v) is 3.34. The van der Waals surface area contributed by atoms with E-state index in [2.05, 4.69) is 0 Å². The summed E-state index contributed by atoms with van der Waals surface area (Å²) in [5, 5.41) is 16.4. The smallest absolute Gasteiger partial charge is 0.379 e. The Hall–Kier alpha value is -2.12. The van der Waals surface area contributed by atoms with Gasteiger partial charge in [0.15, 0.2) is 0 Å². The molecule has 1 aromatic rings. The van der Waals surface area contributed by atoms with Crippen molar-refractivity contribution in [2.45, 2.75) is 11.8 Å². The Balaban J connectivity index is 3.16. The van der Waals surface area contributed by atoms with Crippen molar-refractivity contribution >= 4 is 11.9 Å². The van der Waals surface area contributed by atoms with Gasteiger partial charge in [-0.05, 0) is 0 Å². The van der Waals surface area contributed by atoms with E-state index in [1.54, 1.807) is 0 Å². The summed E-state index contributed by atoms with van der Waals surface area (Å²) >= 11 is 0. The standard InChI is InChI=1S/C10H6F4O4/c11-9(12,7(15)16)5-1-2-6(4-3-5)10(13,14)8(17)18/h1-4H,(H,15,16)(H,17,18). The third-order valence-electron chi connectivity index (χ3n) is 2.15. The molecule has 0 unspecified atom stereocenters. The molecule has 8 heteroatoms. The number of carbonyl (C=O) groups is 2. The Kier molecular flexibility index (Phi) is 3.32. The van der Waals surface area contributed by atoms with E-state index in [-0.39, 0.29) is 0 Å². The molecular formula is C10H6F4O4. The first kappa shape index (κ1) is 13.9. The van der Waals surface area contributed by atoms with Crippen LogP contribution in [0.1, 0.15) is 11.1 Å². The minimum Gasteiger partial charge on any atom is -0.477 e. The number of alkyl halides is 4. The van der Waals surface area contributed by atoms with Gasteiger partial charge in [0.2, 0.25) is 0 Å². The van der Waals surface area contributed by atoms with Gasteiger partial charge in [0.25, 0.3) is 0 Å². The average Bonchev–Trinajstić information content (AvgIpc) is 2.28. The Morgan fingerprint density at radius 2 is 1.00 bits per heavy atom. The van der Waals surface area contributed by atoms with Crippen LogP contribution in [0.3, 0.4) is 0 Å². The molecule has 0 radical (unpaired) electrons. The highest BCUT2D eigenvalue weighted by Crippen LogP contribution is 2.32. The van der Waals surface area contributed by atoms with Crippen LogP contribution in [0.2, 0.25) is 0 Å². The maximum atomic E-state index is 13.0. The summed E-state index contributed by atoms with van der Waals surface area (Å²) in [4.78, 5) is 20.4. The monoisotopic (exact) mass is 266 g/mol. The van der Waals surface area contributed by atoms with Crippen molar-refractivity contribution < 1.29 is 37.4 Å². The lowest BCUT2D eigenvalue weighted by Gasteiger charge is -2.14. The van der Waals surface area contributed by atoms with Crippen LogP contribution in [-0.2, 0) is 21.4 Å². The number of halogens is 4. The van der Waals surface area contributed by atoms with Crippen LogP contribution in [0.25, 0.3) is 0 Å². The number of hydrogen-bond donors (Lipinski definition) is 2. The lowest BCUT2D eigenvalue weighted by molar-refractivity contribution is -0.167. The first-order chi connectivity index (χ1) is 8.10. The number of hydrogen-bond acceptors (Lipinski definition) is 2. The summed E-state index contributed by atoms with van der Waals surface area (Å²) in [7, 11) is 0. The first-order valence-corrected chi connectivity index (χ1v) is 4.43. The number of rotatable bonds is 4. The molecule has 0 bridgehead atoms. The molecular weight excluding hydrogens is 260 g/mol. The minimum atomic E-state index is -4.23. The highest BCUT2D eigenvalue weighted by Gasteiger charge is 2.43. The molecule has 98 valence electrons. The van der Waals surface area contributed by atoms with Crippen molar-refractivity contribution in [3.8, 4) is 0 Å². The van der Waals surface area contributed by atoms with Crippen LogP contribution in [-0.4, -0.2) is 22.2 Å². The van der Waals surface area contributed by atoms with E-state index in [0.717, 1.165) is 0 Å². The van der Waals surface area contributed by atoms with Crippen molar-refractivity contribution in [2.75, 3.05) is 0 Å². The van der Waals surface area contributed by atoms with Crippen molar-refractivity contribution in [3.63, 3.8) is 0 Å². The zero-order chi connectivity index (χ0) is 14.1. The molecule has 0 aliphatic carbocycles. The molecule has 0 heterocycles. The maximum absolute atomic E-state index is 13.0. The second-order valence-electron chi connectivity index (χ2n) is 3.34. The fourth-order valence-corrected chi connectivity index (χ4v) is 1.14. The predicted octanol–water partition coefficient (Wildman–Crippen LogP) is 2.04. The largest absolute Gasteiger partial charge is 0.477 e. The van der Waals surface area contributed by atoms with Gasteiger partial charge in [0.05, 0.1) is 0 Å². The summed E-state index contributed by atoms with van der Waals surface area (Å²) in [6.45, 7) is 0. The lowest BCUT2D eigenvalue weighted by atomic mass is 10.0. The number of carboxylic acids is 2. The molecule has 0 saturated carbocycles. The Morgan fingerprint density at radius 1 is 0.778 bits per heavy atom. The normalized spacial score (nSPS) is 12.2. The van der Waals surface area contributed by atoms with Gasteiger partial charge in [-0.1, -0.05) is 24.3 Å². The Bertz CT molecular complexity index is 436. The van der Waals surface area contributed by atoms with Crippen molar-refractivity contribution in [3.05, 3.63) is 35.4 Å². The molecule has 0 amide bonds. The van der Waals surface area contributed by atoms with E-state index in [1.807, 2.05) is 0 Å². The van der Waals surface area contributed by atoms with Crippen molar-refractivity contribution in [2.24, 2.45) is 0 Å². The minimum absolute atomic E-state index is 0.445. The summed E-state index contributed by atoms with van der Waals surface area (Å²) in [6, 6.07) is 1.78. The van der Waals surface area contributed by atoms with Gasteiger partial charge in [-0.25, -0.2) is 9.59 Å². The molecule has 1 aromatic carbocycles. The molecule has 0 atom stereocenters. The van der Waals surface area contributed by atoms with Crippen molar-refractivity contribution in [1.29, 1.82) is 0 Å². The summed E-state index contributed by atoms with van der Waals surface area (Å²) < 4.78 is 51.8. The van der Waals surface area contributed by atoms with E-state index in [9.17, 15) is 27.2 Å². The van der Waals surface area contributed by atoms with Crippen LogP contribution in [0.5, 0.6) is 0 Å². The number of carboxylic acid groups (broad SMARTS) is 2. The van der Waals surface area contributed by atoms with Gasteiger partial charge >= 0.3 is 23.8 Å². The molecule has 18 heavy (non-hydrogen) atoms. The average molecular weight is 266 g/mol. The van der Waals surface area contributed by atoms with Crippen LogP contribution < -0.4 is 0 Å². The van der Waals surface area contributed by atoms with E-state index < -0.39 is 34.9 Å². The number of aliphatic carboxylic acids is 2. The molecule has 0 aromatic heterocycles. The topological polar surface area (TPSA) is 74.6 Å². The molecule has 4 nitrogen and oxygen atoms in total. The SMILES string of the molecule is O=C(O)C(F)(F)c1ccc(C(F)(F)C(=O)O)cc1. The third kappa shape index (κ3) is 2.27. The molecule has 0 aliphatic rings. The lowest BCUT2D eigenvalue weighted by Crippen LogP contribution is -2.27. The molecule has 0 aliphatic heterocycles. The van der Waals surface area contributed by atoms with Crippen LogP contribution >= 0.6 is 0 Å². The van der Waals surface area contributed by atoms with Crippen molar-refractivity contribution in [1.82, 2.24) is 0 Å². The predicted molar refractivity (Wildman–Crippen MR) is 49.5 cm³/mol. The molecule has 1 rings (SSSR count). The zero-order valence-electron chi connectivity index (χ0n) is 8.53. The van der Waals surface area contributed by atoms with Gasteiger partial charge in [0.1, 0.15) is 0 Å². The second kappa shape index (κ2) is 4.28. The summed E-state index contributed by atoms with van der Waals surface area (Å²) in [6.07, 6.45) is 0. The highest BCUT2D eigenvalue weighted by atomic mass is 19.3. The molecule has 0 spiro atoms. The van der Waals surface area contributed by atoms with E-state index in [1.165, 1.54) is 0 Å². The van der Waals surface area contributed by atoms with Gasteiger partial charge in [-0.15, -0.1) is 0 Å². The number of benzene rings is 1. The van der Waals surface area contributed by atoms with Gasteiger partial charge < -0.3 is 10.2 Å². The summed E-state index contributed by atoms with van der Waals surface area (Å²) in [5.41, 5.74) is -2.03. The fraction of sp³-hybridized carbons (Fsp3) is 0.200. The summed E-state index contributed by atoms with van der Waals surface area (Å²) in [5.74, 6) is -13.3. The van der Waals surface area contributed by atoms with Crippen LogP contribution in [0.15, 0.2) is 24.3 Å². The third-order valence-corrected chi connectivity index (χ3v) is 2.15. The van der Waals surface area contributed by atoms with Gasteiger partial charge in [-0.2, -0.15) is 17.6 Å². The molecule has 0 saturated heterocycles. The molecule has 2 N–H and O–H groups in total. The van der Waals surface area contributed by atoms with E-state index >= 15 is 0 Å². The zero-order valence-corrected chi connectivity index (χ0v) is 8.53. The van der Waals surface area contributed by atoms with Gasteiger partial charge in [0, 0.05) is 11.1 Å². The van der Waals surface area contributed by atoms with Crippen LogP contribution in [0, 0.1) is 0 Å². The molecule has 0 fully saturated rings.